The number of aromatic amines is 1. The highest BCUT2D eigenvalue weighted by Crippen LogP contribution is 2.32. The summed E-state index contributed by atoms with van der Waals surface area (Å²) in [4.78, 5) is 21.6. The SMILES string of the molecule is CCCCOC(=O)N1CCC(c2c[nH]c3cccnc23)CC1. The van der Waals surface area contributed by atoms with Gasteiger partial charge >= 0.3 is 6.09 Å². The minimum absolute atomic E-state index is 0.163. The fourth-order valence-corrected chi connectivity index (χ4v) is 3.06. The third-order valence-electron chi connectivity index (χ3n) is 4.38. The summed E-state index contributed by atoms with van der Waals surface area (Å²) in [5.74, 6) is 0.461. The maximum atomic E-state index is 12.0. The fourth-order valence-electron chi connectivity index (χ4n) is 3.06. The van der Waals surface area contributed by atoms with Crippen LogP contribution in [0.1, 0.15) is 44.1 Å². The average molecular weight is 301 g/mol. The molecular formula is C17H23N3O2. The first-order valence-electron chi connectivity index (χ1n) is 8.13. The van der Waals surface area contributed by atoms with Gasteiger partial charge in [0.2, 0.25) is 0 Å². The van der Waals surface area contributed by atoms with Crippen LogP contribution in [0.25, 0.3) is 11.0 Å². The number of rotatable bonds is 4. The standard InChI is InChI=1S/C17H23N3O2/c1-2-3-11-22-17(21)20-9-6-13(7-10-20)14-12-19-15-5-4-8-18-16(14)15/h4-5,8,12-13,19H,2-3,6-7,9-11H2,1H3. The Morgan fingerprint density at radius 1 is 1.45 bits per heavy atom. The summed E-state index contributed by atoms with van der Waals surface area (Å²) in [7, 11) is 0. The van der Waals surface area contributed by atoms with Gasteiger partial charge in [0.25, 0.3) is 0 Å². The first-order chi connectivity index (χ1) is 10.8. The lowest BCUT2D eigenvalue weighted by atomic mass is 9.90. The summed E-state index contributed by atoms with van der Waals surface area (Å²) < 4.78 is 5.29. The first kappa shape index (κ1) is 14.9. The molecule has 118 valence electrons. The molecule has 3 heterocycles. The maximum absolute atomic E-state index is 12.0. The molecule has 0 spiro atoms. The van der Waals surface area contributed by atoms with Crippen LogP contribution in [0.5, 0.6) is 0 Å². The van der Waals surface area contributed by atoms with Crippen molar-refractivity contribution in [2.24, 2.45) is 0 Å². The van der Waals surface area contributed by atoms with E-state index in [4.69, 9.17) is 4.74 Å². The molecule has 0 saturated carbocycles. The number of piperidine rings is 1. The Kier molecular flexibility index (Phi) is 4.61. The number of carbonyl (C=O) groups is 1. The number of likely N-dealkylation sites (tertiary alicyclic amines) is 1. The zero-order valence-electron chi connectivity index (χ0n) is 13.0. The van der Waals surface area contributed by atoms with Crippen molar-refractivity contribution in [3.05, 3.63) is 30.1 Å². The van der Waals surface area contributed by atoms with Crippen LogP contribution in [0.15, 0.2) is 24.5 Å². The monoisotopic (exact) mass is 301 g/mol. The minimum atomic E-state index is -0.163. The molecule has 0 aliphatic carbocycles. The zero-order chi connectivity index (χ0) is 15.4. The highest BCUT2D eigenvalue weighted by Gasteiger charge is 2.26. The molecule has 3 rings (SSSR count). The van der Waals surface area contributed by atoms with Crippen LogP contribution in [0.3, 0.4) is 0 Å². The Bertz CT molecular complexity index is 630. The number of fused-ring (bicyclic) bond motifs is 1. The van der Waals surface area contributed by atoms with Crippen LogP contribution >= 0.6 is 0 Å². The second-order valence-electron chi connectivity index (χ2n) is 5.87. The number of hydrogen-bond donors (Lipinski definition) is 1. The van der Waals surface area contributed by atoms with Crippen LogP contribution < -0.4 is 0 Å². The number of nitrogens with zero attached hydrogens (tertiary/aromatic N) is 2. The highest BCUT2D eigenvalue weighted by atomic mass is 16.6. The molecule has 5 nitrogen and oxygen atoms in total. The number of nitrogens with one attached hydrogen (secondary N) is 1. The van der Waals surface area contributed by atoms with Crippen LogP contribution in [0, 0.1) is 0 Å². The molecule has 1 saturated heterocycles. The Balaban J connectivity index is 1.59. The van der Waals surface area contributed by atoms with Crippen molar-refractivity contribution in [2.75, 3.05) is 19.7 Å². The average Bonchev–Trinajstić information content (AvgIpc) is 2.99. The summed E-state index contributed by atoms with van der Waals surface area (Å²) in [5, 5.41) is 0. The fraction of sp³-hybridized carbons (Fsp3) is 0.529. The van der Waals surface area contributed by atoms with E-state index in [9.17, 15) is 4.79 Å². The molecule has 0 bridgehead atoms. The Morgan fingerprint density at radius 2 is 2.27 bits per heavy atom. The number of carbonyl (C=O) groups excluding carboxylic acids is 1. The van der Waals surface area contributed by atoms with Crippen LogP contribution in [-0.4, -0.2) is 40.7 Å². The lowest BCUT2D eigenvalue weighted by Gasteiger charge is -2.31. The van der Waals surface area contributed by atoms with E-state index in [-0.39, 0.29) is 6.09 Å². The van der Waals surface area contributed by atoms with Crippen LogP contribution in [-0.2, 0) is 4.74 Å². The smallest absolute Gasteiger partial charge is 0.409 e. The second-order valence-corrected chi connectivity index (χ2v) is 5.87. The summed E-state index contributed by atoms with van der Waals surface area (Å²) in [6.07, 6.45) is 7.64. The van der Waals surface area contributed by atoms with E-state index in [1.807, 2.05) is 23.2 Å². The number of aromatic nitrogens is 2. The van der Waals surface area contributed by atoms with E-state index < -0.39 is 0 Å². The number of unbranched alkanes of at least 4 members (excludes halogenated alkanes) is 1. The van der Waals surface area contributed by atoms with E-state index in [0.29, 0.717) is 12.5 Å². The van der Waals surface area contributed by atoms with Gasteiger partial charge in [-0.15, -0.1) is 0 Å². The number of amides is 1. The summed E-state index contributed by atoms with van der Waals surface area (Å²) in [5.41, 5.74) is 3.42. The maximum Gasteiger partial charge on any atom is 0.409 e. The molecule has 0 radical (unpaired) electrons. The molecule has 2 aromatic rings. The van der Waals surface area contributed by atoms with Crippen molar-refractivity contribution >= 4 is 17.1 Å². The molecule has 1 aliphatic rings. The lowest BCUT2D eigenvalue weighted by Crippen LogP contribution is -2.38. The molecule has 22 heavy (non-hydrogen) atoms. The molecule has 0 aromatic carbocycles. The topological polar surface area (TPSA) is 58.2 Å². The summed E-state index contributed by atoms with van der Waals surface area (Å²) >= 11 is 0. The van der Waals surface area contributed by atoms with Crippen molar-refractivity contribution in [2.45, 2.75) is 38.5 Å². The number of hydrogen-bond acceptors (Lipinski definition) is 3. The van der Waals surface area contributed by atoms with E-state index in [1.165, 1.54) is 5.56 Å². The van der Waals surface area contributed by atoms with Crippen molar-refractivity contribution in [3.63, 3.8) is 0 Å². The van der Waals surface area contributed by atoms with E-state index in [1.54, 1.807) is 0 Å². The zero-order valence-corrected chi connectivity index (χ0v) is 13.0. The Hall–Kier alpha value is -2.04. The predicted molar refractivity (Wildman–Crippen MR) is 85.9 cm³/mol. The first-order valence-corrected chi connectivity index (χ1v) is 8.13. The molecule has 1 fully saturated rings. The molecular weight excluding hydrogens is 278 g/mol. The van der Waals surface area contributed by atoms with Gasteiger partial charge < -0.3 is 14.6 Å². The Labute approximate surface area is 130 Å². The van der Waals surface area contributed by atoms with Crippen LogP contribution in [0.2, 0.25) is 0 Å². The van der Waals surface area contributed by atoms with Gasteiger partial charge in [-0.25, -0.2) is 4.79 Å². The Morgan fingerprint density at radius 3 is 3.05 bits per heavy atom. The molecule has 0 unspecified atom stereocenters. The van der Waals surface area contributed by atoms with Gasteiger partial charge in [0.15, 0.2) is 0 Å². The van der Waals surface area contributed by atoms with E-state index >= 15 is 0 Å². The van der Waals surface area contributed by atoms with Gasteiger partial charge in [-0.1, -0.05) is 13.3 Å². The van der Waals surface area contributed by atoms with Crippen LogP contribution in [0.4, 0.5) is 4.79 Å². The second kappa shape index (κ2) is 6.81. The van der Waals surface area contributed by atoms with Gasteiger partial charge in [0.1, 0.15) is 0 Å². The predicted octanol–water partition coefficient (Wildman–Crippen LogP) is 3.68. The van der Waals surface area contributed by atoms with Crippen molar-refractivity contribution in [1.29, 1.82) is 0 Å². The van der Waals surface area contributed by atoms with E-state index in [2.05, 4.69) is 23.1 Å². The third kappa shape index (κ3) is 3.08. The molecule has 1 N–H and O–H groups in total. The quantitative estimate of drug-likeness (QED) is 0.876. The molecule has 5 heteroatoms. The lowest BCUT2D eigenvalue weighted by molar-refractivity contribution is 0.0916. The molecule has 1 aliphatic heterocycles. The van der Waals surface area contributed by atoms with Crippen molar-refractivity contribution in [1.82, 2.24) is 14.9 Å². The molecule has 2 aromatic heterocycles. The third-order valence-corrected chi connectivity index (χ3v) is 4.38. The van der Waals surface area contributed by atoms with Gasteiger partial charge in [0.05, 0.1) is 17.6 Å². The van der Waals surface area contributed by atoms with E-state index in [0.717, 1.165) is 49.8 Å². The largest absolute Gasteiger partial charge is 0.449 e. The minimum Gasteiger partial charge on any atom is -0.449 e. The van der Waals surface area contributed by atoms with Crippen molar-refractivity contribution in [3.8, 4) is 0 Å². The number of ether oxygens (including phenoxy) is 1. The van der Waals surface area contributed by atoms with Gasteiger partial charge in [-0.05, 0) is 42.9 Å². The summed E-state index contributed by atoms with van der Waals surface area (Å²) in [6, 6.07) is 3.99. The summed E-state index contributed by atoms with van der Waals surface area (Å²) in [6.45, 7) is 4.14. The van der Waals surface area contributed by atoms with Gasteiger partial charge in [0, 0.05) is 25.5 Å². The molecule has 1 amide bonds. The number of pyridine rings is 1. The molecule has 0 atom stereocenters. The highest BCUT2D eigenvalue weighted by molar-refractivity contribution is 5.79. The van der Waals surface area contributed by atoms with Gasteiger partial charge in [-0.2, -0.15) is 0 Å². The van der Waals surface area contributed by atoms with Crippen molar-refractivity contribution < 1.29 is 9.53 Å². The number of H-pyrrole nitrogens is 1. The van der Waals surface area contributed by atoms with Gasteiger partial charge in [-0.3, -0.25) is 4.98 Å². The normalized spacial score (nSPS) is 16.1.